The number of anilines is 5. The number of ether oxygens (including phenoxy) is 1. The molecule has 1 aliphatic heterocycles. The third kappa shape index (κ3) is 4.23. The second kappa shape index (κ2) is 8.21. The van der Waals surface area contributed by atoms with Gasteiger partial charge in [-0.05, 0) is 35.9 Å². The Morgan fingerprint density at radius 1 is 1.27 bits per heavy atom. The highest BCUT2D eigenvalue weighted by atomic mass is 19.1. The van der Waals surface area contributed by atoms with Gasteiger partial charge in [-0.2, -0.15) is 4.98 Å². The molecule has 9 nitrogen and oxygen atoms in total. The summed E-state index contributed by atoms with van der Waals surface area (Å²) in [5, 5.41) is 17.1. The average molecular weight is 410 g/mol. The quantitative estimate of drug-likeness (QED) is 0.456. The first kappa shape index (κ1) is 19.4. The van der Waals surface area contributed by atoms with Crippen LogP contribution in [-0.4, -0.2) is 34.7 Å². The van der Waals surface area contributed by atoms with E-state index in [2.05, 4.69) is 26.0 Å². The van der Waals surface area contributed by atoms with Crippen LogP contribution in [0.1, 0.15) is 5.56 Å². The molecule has 3 aromatic rings. The van der Waals surface area contributed by atoms with Gasteiger partial charge in [0.15, 0.2) is 11.6 Å². The number of rotatable bonds is 6. The maximum Gasteiger partial charge on any atom is 0.326 e. The highest BCUT2D eigenvalue weighted by Crippen LogP contribution is 2.29. The molecule has 4 rings (SSSR count). The van der Waals surface area contributed by atoms with Crippen molar-refractivity contribution in [2.24, 2.45) is 0 Å². The van der Waals surface area contributed by atoms with Gasteiger partial charge in [0, 0.05) is 24.0 Å². The SMILES string of the molecule is COC(=O)CN1NCc2cc(Nc3ncc(F)c(Nc4cccc(O)c4)n3)ccc21. The fourth-order valence-corrected chi connectivity index (χ4v) is 3.03. The molecule has 1 aromatic heterocycles. The molecule has 10 heteroatoms. The Balaban J connectivity index is 1.50. The molecule has 30 heavy (non-hydrogen) atoms. The minimum atomic E-state index is -0.625. The number of aromatic nitrogens is 2. The molecule has 0 aliphatic carbocycles. The molecule has 0 radical (unpaired) electrons. The number of methoxy groups -OCH3 is 1. The van der Waals surface area contributed by atoms with Crippen LogP contribution in [0.3, 0.4) is 0 Å². The summed E-state index contributed by atoms with van der Waals surface area (Å²) in [5.74, 6) is -0.730. The lowest BCUT2D eigenvalue weighted by atomic mass is 10.1. The second-order valence-electron chi connectivity index (χ2n) is 6.53. The number of benzene rings is 2. The maximum atomic E-state index is 14.1. The number of hydrazine groups is 1. The number of hydrogen-bond donors (Lipinski definition) is 4. The van der Waals surface area contributed by atoms with Gasteiger partial charge >= 0.3 is 5.97 Å². The van der Waals surface area contributed by atoms with Crippen molar-refractivity contribution in [1.82, 2.24) is 15.4 Å². The number of hydrogen-bond acceptors (Lipinski definition) is 9. The van der Waals surface area contributed by atoms with E-state index < -0.39 is 5.82 Å². The Hall–Kier alpha value is -3.92. The number of phenols is 1. The van der Waals surface area contributed by atoms with E-state index in [0.717, 1.165) is 17.4 Å². The second-order valence-corrected chi connectivity index (χ2v) is 6.53. The summed E-state index contributed by atoms with van der Waals surface area (Å²) in [5.41, 5.74) is 6.18. The van der Waals surface area contributed by atoms with Gasteiger partial charge in [0.1, 0.15) is 12.3 Å². The van der Waals surface area contributed by atoms with Crippen molar-refractivity contribution < 1.29 is 19.0 Å². The molecule has 0 atom stereocenters. The molecular weight excluding hydrogens is 391 g/mol. The predicted octanol–water partition coefficient (Wildman–Crippen LogP) is 2.81. The summed E-state index contributed by atoms with van der Waals surface area (Å²) < 4.78 is 18.8. The average Bonchev–Trinajstić information content (AvgIpc) is 3.12. The first-order chi connectivity index (χ1) is 14.5. The van der Waals surface area contributed by atoms with Gasteiger partial charge in [-0.1, -0.05) is 6.07 Å². The molecule has 0 amide bonds. The summed E-state index contributed by atoms with van der Waals surface area (Å²) in [6, 6.07) is 11.9. The standard InChI is InChI=1S/C20H19FN6O3/c1-30-18(29)11-27-17-6-5-14(7-12(17)9-23-27)25-20-22-10-16(21)19(26-20)24-13-3-2-4-15(28)8-13/h2-8,10,23,28H,9,11H2,1H3,(H2,22,24,25,26). The van der Waals surface area contributed by atoms with Crippen molar-refractivity contribution in [1.29, 1.82) is 0 Å². The first-order valence-electron chi connectivity index (χ1n) is 9.08. The molecule has 0 bridgehead atoms. The molecule has 1 aliphatic rings. The van der Waals surface area contributed by atoms with Crippen molar-refractivity contribution in [2.45, 2.75) is 6.54 Å². The van der Waals surface area contributed by atoms with Crippen molar-refractivity contribution in [3.63, 3.8) is 0 Å². The maximum absolute atomic E-state index is 14.1. The number of halogens is 1. The molecule has 4 N–H and O–H groups in total. The summed E-state index contributed by atoms with van der Waals surface area (Å²) in [6.07, 6.45) is 1.06. The Kier molecular flexibility index (Phi) is 5.31. The van der Waals surface area contributed by atoms with Gasteiger partial charge in [-0.25, -0.2) is 14.8 Å². The monoisotopic (exact) mass is 410 g/mol. The number of nitrogens with one attached hydrogen (secondary N) is 3. The zero-order valence-corrected chi connectivity index (χ0v) is 16.0. The van der Waals surface area contributed by atoms with Crippen molar-refractivity contribution in [2.75, 3.05) is 29.3 Å². The fraction of sp³-hybridized carbons (Fsp3) is 0.150. The Bertz CT molecular complexity index is 1090. The molecule has 2 aromatic carbocycles. The number of nitrogens with zero attached hydrogens (tertiary/aromatic N) is 3. The third-order valence-corrected chi connectivity index (χ3v) is 4.45. The number of aromatic hydroxyl groups is 1. The summed E-state index contributed by atoms with van der Waals surface area (Å²) in [4.78, 5) is 19.7. The van der Waals surface area contributed by atoms with Crippen LogP contribution in [0.4, 0.5) is 33.2 Å². The van der Waals surface area contributed by atoms with E-state index in [1.807, 2.05) is 18.2 Å². The van der Waals surface area contributed by atoms with Crippen LogP contribution < -0.4 is 21.1 Å². The van der Waals surface area contributed by atoms with Crippen LogP contribution in [0.15, 0.2) is 48.7 Å². The van der Waals surface area contributed by atoms with Crippen molar-refractivity contribution in [3.8, 4) is 5.75 Å². The molecule has 0 unspecified atom stereocenters. The van der Waals surface area contributed by atoms with Gasteiger partial charge in [0.25, 0.3) is 0 Å². The van der Waals surface area contributed by atoms with Crippen LogP contribution in [0, 0.1) is 5.82 Å². The lowest BCUT2D eigenvalue weighted by Crippen LogP contribution is -2.37. The van der Waals surface area contributed by atoms with Crippen molar-refractivity contribution in [3.05, 3.63) is 60.0 Å². The highest BCUT2D eigenvalue weighted by molar-refractivity contribution is 5.77. The summed E-state index contributed by atoms with van der Waals surface area (Å²) in [7, 11) is 1.35. The van der Waals surface area contributed by atoms with E-state index in [1.54, 1.807) is 17.1 Å². The molecular formula is C20H19FN6O3. The number of phenolic OH excluding ortho intramolecular Hbond substituents is 1. The summed E-state index contributed by atoms with van der Waals surface area (Å²) in [6.45, 7) is 0.651. The lowest BCUT2D eigenvalue weighted by molar-refractivity contribution is -0.139. The Morgan fingerprint density at radius 3 is 2.90 bits per heavy atom. The van der Waals surface area contributed by atoms with Crippen LogP contribution >= 0.6 is 0 Å². The number of esters is 1. The number of carbonyl (C=O) groups is 1. The van der Waals surface area contributed by atoms with E-state index in [0.29, 0.717) is 17.9 Å². The van der Waals surface area contributed by atoms with Crippen molar-refractivity contribution >= 4 is 34.8 Å². The van der Waals surface area contributed by atoms with E-state index in [1.165, 1.54) is 19.2 Å². The van der Waals surface area contributed by atoms with E-state index in [-0.39, 0.29) is 30.0 Å². The Labute approximate surface area is 171 Å². The topological polar surface area (TPSA) is 112 Å². The minimum absolute atomic E-state index is 0.0230. The Morgan fingerprint density at radius 2 is 2.10 bits per heavy atom. The lowest BCUT2D eigenvalue weighted by Gasteiger charge is -2.17. The largest absolute Gasteiger partial charge is 0.508 e. The van der Waals surface area contributed by atoms with Crippen LogP contribution in [0.5, 0.6) is 5.75 Å². The van der Waals surface area contributed by atoms with Gasteiger partial charge in [-0.3, -0.25) is 9.80 Å². The zero-order chi connectivity index (χ0) is 21.1. The van der Waals surface area contributed by atoms with Gasteiger partial charge in [-0.15, -0.1) is 0 Å². The first-order valence-corrected chi connectivity index (χ1v) is 9.08. The normalized spacial score (nSPS) is 12.4. The van der Waals surface area contributed by atoms with Crippen LogP contribution in [0.25, 0.3) is 0 Å². The van der Waals surface area contributed by atoms with Gasteiger partial charge < -0.3 is 20.5 Å². The molecule has 2 heterocycles. The molecule has 0 fully saturated rings. The zero-order valence-electron chi connectivity index (χ0n) is 16.0. The highest BCUT2D eigenvalue weighted by Gasteiger charge is 2.21. The molecule has 0 saturated carbocycles. The summed E-state index contributed by atoms with van der Waals surface area (Å²) >= 11 is 0. The molecule has 154 valence electrons. The smallest absolute Gasteiger partial charge is 0.326 e. The molecule has 0 spiro atoms. The van der Waals surface area contributed by atoms with Crippen LogP contribution in [0.2, 0.25) is 0 Å². The third-order valence-electron chi connectivity index (χ3n) is 4.45. The van der Waals surface area contributed by atoms with Crippen LogP contribution in [-0.2, 0) is 16.1 Å². The predicted molar refractivity (Wildman–Crippen MR) is 109 cm³/mol. The fourth-order valence-electron chi connectivity index (χ4n) is 3.03. The van der Waals surface area contributed by atoms with E-state index in [4.69, 9.17) is 4.74 Å². The molecule has 0 saturated heterocycles. The van der Waals surface area contributed by atoms with E-state index >= 15 is 0 Å². The minimum Gasteiger partial charge on any atom is -0.508 e. The van der Waals surface area contributed by atoms with Gasteiger partial charge in [0.2, 0.25) is 5.95 Å². The van der Waals surface area contributed by atoms with E-state index in [9.17, 15) is 14.3 Å². The number of carbonyl (C=O) groups excluding carboxylic acids is 1. The number of fused-ring (bicyclic) bond motifs is 1. The van der Waals surface area contributed by atoms with Gasteiger partial charge in [0.05, 0.1) is 19.0 Å².